The first-order valence-electron chi connectivity index (χ1n) is 6.41. The van der Waals surface area contributed by atoms with Gasteiger partial charge >= 0.3 is 0 Å². The van der Waals surface area contributed by atoms with Crippen LogP contribution in [0.3, 0.4) is 0 Å². The summed E-state index contributed by atoms with van der Waals surface area (Å²) >= 11 is 0. The summed E-state index contributed by atoms with van der Waals surface area (Å²) < 4.78 is 32.4. The molecule has 0 aliphatic carbocycles. The molecule has 2 aromatic carbocycles. The molecule has 0 bridgehead atoms. The Labute approximate surface area is 129 Å². The van der Waals surface area contributed by atoms with E-state index < -0.39 is 15.9 Å². The van der Waals surface area contributed by atoms with Gasteiger partial charge in [0.05, 0.1) is 17.7 Å². The zero-order valence-corrected chi connectivity index (χ0v) is 13.0. The van der Waals surface area contributed by atoms with Crippen molar-refractivity contribution in [2.24, 2.45) is 5.73 Å². The Morgan fingerprint density at radius 3 is 2.32 bits per heavy atom. The van der Waals surface area contributed by atoms with Crippen LogP contribution in [0.25, 0.3) is 0 Å². The molecule has 116 valence electrons. The number of hydrogen-bond acceptors (Lipinski definition) is 4. The number of primary amides is 1. The molecule has 0 atom stereocenters. The van der Waals surface area contributed by atoms with E-state index in [1.807, 2.05) is 13.0 Å². The van der Waals surface area contributed by atoms with Crippen molar-refractivity contribution in [2.75, 3.05) is 11.8 Å². The van der Waals surface area contributed by atoms with Crippen LogP contribution in [0.1, 0.15) is 15.9 Å². The molecule has 0 radical (unpaired) electrons. The molecule has 1 amide bonds. The third-order valence-electron chi connectivity index (χ3n) is 3.05. The van der Waals surface area contributed by atoms with Gasteiger partial charge in [0, 0.05) is 5.56 Å². The van der Waals surface area contributed by atoms with Gasteiger partial charge in [0.2, 0.25) is 5.91 Å². The van der Waals surface area contributed by atoms with Gasteiger partial charge in [0.1, 0.15) is 5.75 Å². The van der Waals surface area contributed by atoms with Crippen LogP contribution in [0.5, 0.6) is 5.75 Å². The van der Waals surface area contributed by atoms with Gasteiger partial charge in [0.25, 0.3) is 10.0 Å². The minimum atomic E-state index is -3.79. The molecule has 6 nitrogen and oxygen atoms in total. The summed E-state index contributed by atoms with van der Waals surface area (Å²) in [6.07, 6.45) is 0. The number of methoxy groups -OCH3 is 1. The second-order valence-corrected chi connectivity index (χ2v) is 6.38. The predicted molar refractivity (Wildman–Crippen MR) is 83.5 cm³/mol. The fourth-order valence-corrected chi connectivity index (χ4v) is 2.96. The number of nitrogens with one attached hydrogen (secondary N) is 1. The third kappa shape index (κ3) is 3.37. The molecule has 3 N–H and O–H groups in total. The molecule has 0 spiro atoms. The predicted octanol–water partition coefficient (Wildman–Crippen LogP) is 1.90. The minimum absolute atomic E-state index is 0.0288. The Bertz CT molecular complexity index is 799. The van der Waals surface area contributed by atoms with Crippen molar-refractivity contribution in [3.8, 4) is 5.75 Å². The first kappa shape index (κ1) is 15.8. The number of benzene rings is 2. The fourth-order valence-electron chi connectivity index (χ4n) is 1.90. The number of aryl methyl sites for hydroxylation is 1. The van der Waals surface area contributed by atoms with Crippen LogP contribution in [0.2, 0.25) is 0 Å². The summed E-state index contributed by atoms with van der Waals surface area (Å²) in [6.45, 7) is 1.85. The van der Waals surface area contributed by atoms with Crippen LogP contribution in [-0.2, 0) is 10.0 Å². The van der Waals surface area contributed by atoms with Crippen molar-refractivity contribution < 1.29 is 17.9 Å². The molecule has 2 rings (SSSR count). The van der Waals surface area contributed by atoms with E-state index in [2.05, 4.69) is 4.72 Å². The molecular formula is C15H16N2O4S. The molecule has 0 saturated heterocycles. The lowest BCUT2D eigenvalue weighted by molar-refractivity contribution is 0.1000. The van der Waals surface area contributed by atoms with Gasteiger partial charge in [-0.3, -0.25) is 9.52 Å². The summed E-state index contributed by atoms with van der Waals surface area (Å²) in [4.78, 5) is 11.0. The number of rotatable bonds is 5. The van der Waals surface area contributed by atoms with E-state index in [4.69, 9.17) is 10.5 Å². The highest BCUT2D eigenvalue weighted by molar-refractivity contribution is 7.92. The lowest BCUT2D eigenvalue weighted by atomic mass is 10.2. The summed E-state index contributed by atoms with van der Waals surface area (Å²) in [5, 5.41) is 0. The Kier molecular flexibility index (Phi) is 4.37. The maximum absolute atomic E-state index is 12.4. The monoisotopic (exact) mass is 320 g/mol. The molecule has 0 aliphatic heterocycles. The lowest BCUT2D eigenvalue weighted by Crippen LogP contribution is -2.15. The van der Waals surface area contributed by atoms with E-state index in [-0.39, 0.29) is 10.5 Å². The van der Waals surface area contributed by atoms with Gasteiger partial charge in [-0.2, -0.15) is 0 Å². The van der Waals surface area contributed by atoms with Gasteiger partial charge in [-0.1, -0.05) is 6.07 Å². The van der Waals surface area contributed by atoms with E-state index in [0.29, 0.717) is 11.4 Å². The quantitative estimate of drug-likeness (QED) is 0.879. The maximum Gasteiger partial charge on any atom is 0.262 e. The van der Waals surface area contributed by atoms with Crippen molar-refractivity contribution in [1.29, 1.82) is 0 Å². The van der Waals surface area contributed by atoms with Crippen molar-refractivity contribution >= 4 is 21.6 Å². The lowest BCUT2D eigenvalue weighted by Gasteiger charge is -2.12. The second-order valence-electron chi connectivity index (χ2n) is 4.70. The Morgan fingerprint density at radius 2 is 1.77 bits per heavy atom. The van der Waals surface area contributed by atoms with E-state index >= 15 is 0 Å². The van der Waals surface area contributed by atoms with E-state index in [1.165, 1.54) is 31.4 Å². The molecule has 0 heterocycles. The standard InChI is InChI=1S/C15H16N2O4S/c1-10-3-8-14(21-2)13(9-10)17-22(19,20)12-6-4-11(5-7-12)15(16)18/h3-9,17H,1-2H3,(H2,16,18). The summed E-state index contributed by atoms with van der Waals surface area (Å²) in [7, 11) is -2.32. The van der Waals surface area contributed by atoms with Crippen LogP contribution in [0.4, 0.5) is 5.69 Å². The Hall–Kier alpha value is -2.54. The molecule has 2 aromatic rings. The molecule has 0 saturated carbocycles. The minimum Gasteiger partial charge on any atom is -0.495 e. The van der Waals surface area contributed by atoms with Crippen molar-refractivity contribution in [3.05, 3.63) is 53.6 Å². The van der Waals surface area contributed by atoms with Gasteiger partial charge in [0.15, 0.2) is 0 Å². The summed E-state index contributed by atoms with van der Waals surface area (Å²) in [5.74, 6) is -0.194. The maximum atomic E-state index is 12.4. The smallest absolute Gasteiger partial charge is 0.262 e. The van der Waals surface area contributed by atoms with E-state index in [9.17, 15) is 13.2 Å². The van der Waals surface area contributed by atoms with Crippen LogP contribution in [0.15, 0.2) is 47.4 Å². The van der Waals surface area contributed by atoms with Crippen LogP contribution >= 0.6 is 0 Å². The topological polar surface area (TPSA) is 98.5 Å². The van der Waals surface area contributed by atoms with E-state index in [0.717, 1.165) is 5.56 Å². The first-order chi connectivity index (χ1) is 10.3. The number of amides is 1. The van der Waals surface area contributed by atoms with Gasteiger partial charge < -0.3 is 10.5 Å². The molecule has 7 heteroatoms. The van der Waals surface area contributed by atoms with Gasteiger partial charge in [-0.25, -0.2) is 8.42 Å². The second kappa shape index (κ2) is 6.07. The third-order valence-corrected chi connectivity index (χ3v) is 4.43. The summed E-state index contributed by atoms with van der Waals surface area (Å²) in [6, 6.07) is 10.6. The molecule has 0 fully saturated rings. The number of sulfonamides is 1. The van der Waals surface area contributed by atoms with Crippen LogP contribution < -0.4 is 15.2 Å². The van der Waals surface area contributed by atoms with E-state index in [1.54, 1.807) is 12.1 Å². The first-order valence-corrected chi connectivity index (χ1v) is 7.89. The van der Waals surface area contributed by atoms with Gasteiger partial charge in [-0.15, -0.1) is 0 Å². The number of ether oxygens (including phenoxy) is 1. The highest BCUT2D eigenvalue weighted by atomic mass is 32.2. The van der Waals surface area contributed by atoms with Crippen LogP contribution in [-0.4, -0.2) is 21.4 Å². The zero-order chi connectivity index (χ0) is 16.3. The highest BCUT2D eigenvalue weighted by Gasteiger charge is 2.17. The normalized spacial score (nSPS) is 11.0. The molecule has 0 unspecified atom stereocenters. The number of carbonyl (C=O) groups is 1. The Balaban J connectivity index is 2.35. The number of anilines is 1. The number of hydrogen-bond donors (Lipinski definition) is 2. The summed E-state index contributed by atoms with van der Waals surface area (Å²) in [5.41, 5.74) is 6.61. The zero-order valence-electron chi connectivity index (χ0n) is 12.2. The number of nitrogens with two attached hydrogens (primary N) is 1. The van der Waals surface area contributed by atoms with Gasteiger partial charge in [-0.05, 0) is 48.9 Å². The van der Waals surface area contributed by atoms with Crippen LogP contribution in [0, 0.1) is 6.92 Å². The molecule has 22 heavy (non-hydrogen) atoms. The Morgan fingerprint density at radius 1 is 1.14 bits per heavy atom. The van der Waals surface area contributed by atoms with Crippen molar-refractivity contribution in [1.82, 2.24) is 0 Å². The average Bonchev–Trinajstić information content (AvgIpc) is 2.47. The molecular weight excluding hydrogens is 304 g/mol. The van der Waals surface area contributed by atoms with Crippen molar-refractivity contribution in [3.63, 3.8) is 0 Å². The highest BCUT2D eigenvalue weighted by Crippen LogP contribution is 2.27. The fraction of sp³-hybridized carbons (Fsp3) is 0.133. The molecule has 0 aromatic heterocycles. The SMILES string of the molecule is COc1ccc(C)cc1NS(=O)(=O)c1ccc(C(N)=O)cc1. The molecule has 0 aliphatic rings. The number of carbonyl (C=O) groups excluding carboxylic acids is 1. The van der Waals surface area contributed by atoms with Crippen molar-refractivity contribution in [2.45, 2.75) is 11.8 Å². The average molecular weight is 320 g/mol. The largest absolute Gasteiger partial charge is 0.495 e.